The fraction of sp³-hybridized carbons (Fsp3) is 0.562. The largest absolute Gasteiger partial charge is 0.496 e. The third-order valence-corrected chi connectivity index (χ3v) is 3.91. The Morgan fingerprint density at radius 1 is 1.29 bits per heavy atom. The first-order valence-corrected chi connectivity index (χ1v) is 7.14. The number of para-hydroxylation sites is 1. The van der Waals surface area contributed by atoms with Crippen LogP contribution in [-0.2, 0) is 9.53 Å². The van der Waals surface area contributed by atoms with E-state index in [0.29, 0.717) is 6.54 Å². The molecule has 1 fully saturated rings. The molecule has 1 heterocycles. The molecule has 116 valence electrons. The van der Waals surface area contributed by atoms with E-state index >= 15 is 0 Å². The second-order valence-electron chi connectivity index (χ2n) is 5.96. The summed E-state index contributed by atoms with van der Waals surface area (Å²) in [5.41, 5.74) is 0.561. The van der Waals surface area contributed by atoms with Crippen molar-refractivity contribution in [3.63, 3.8) is 0 Å². The van der Waals surface area contributed by atoms with Crippen molar-refractivity contribution in [2.24, 2.45) is 0 Å². The Morgan fingerprint density at radius 2 is 1.95 bits per heavy atom. The Hall–Kier alpha value is -1.59. The number of ether oxygens (including phenoxy) is 2. The van der Waals surface area contributed by atoms with Crippen LogP contribution in [0.1, 0.15) is 32.5 Å². The molecule has 1 aliphatic heterocycles. The minimum Gasteiger partial charge on any atom is -0.496 e. The lowest BCUT2D eigenvalue weighted by Gasteiger charge is -2.33. The molecule has 0 saturated carbocycles. The van der Waals surface area contributed by atoms with Crippen LogP contribution < -0.4 is 10.1 Å². The molecule has 21 heavy (non-hydrogen) atoms. The summed E-state index contributed by atoms with van der Waals surface area (Å²) in [6, 6.07) is 7.55. The molecular formula is C16H24N2O3. The van der Waals surface area contributed by atoms with Crippen LogP contribution in [0.5, 0.6) is 5.75 Å². The van der Waals surface area contributed by atoms with Crippen molar-refractivity contribution in [1.29, 1.82) is 0 Å². The van der Waals surface area contributed by atoms with Gasteiger partial charge in [-0.2, -0.15) is 0 Å². The Kier molecular flexibility index (Phi) is 4.54. The van der Waals surface area contributed by atoms with Crippen LogP contribution in [0.15, 0.2) is 24.3 Å². The van der Waals surface area contributed by atoms with Gasteiger partial charge in [-0.05, 0) is 26.8 Å². The zero-order chi connectivity index (χ0) is 15.6. The van der Waals surface area contributed by atoms with Gasteiger partial charge in [0, 0.05) is 12.7 Å². The van der Waals surface area contributed by atoms with Gasteiger partial charge < -0.3 is 14.4 Å². The third-order valence-electron chi connectivity index (χ3n) is 3.91. The molecule has 1 aliphatic rings. The van der Waals surface area contributed by atoms with E-state index < -0.39 is 5.60 Å². The molecule has 1 saturated heterocycles. The topological polar surface area (TPSA) is 50.8 Å². The van der Waals surface area contributed by atoms with E-state index in [1.807, 2.05) is 49.9 Å². The molecule has 5 nitrogen and oxygen atoms in total. The number of hydrogen-bond acceptors (Lipinski definition) is 4. The first-order valence-electron chi connectivity index (χ1n) is 7.14. The Labute approximate surface area is 126 Å². The van der Waals surface area contributed by atoms with Gasteiger partial charge in [0.15, 0.2) is 0 Å². The second-order valence-corrected chi connectivity index (χ2v) is 5.96. The smallest absolute Gasteiger partial charge is 0.241 e. The summed E-state index contributed by atoms with van der Waals surface area (Å²) < 4.78 is 10.9. The van der Waals surface area contributed by atoms with Crippen LogP contribution in [0.25, 0.3) is 0 Å². The van der Waals surface area contributed by atoms with Gasteiger partial charge in [0.2, 0.25) is 5.91 Å². The molecule has 1 aromatic carbocycles. The summed E-state index contributed by atoms with van der Waals surface area (Å²) in [6.07, 6.45) is -0.196. The monoisotopic (exact) mass is 292 g/mol. The quantitative estimate of drug-likeness (QED) is 0.901. The number of hydrogen-bond donors (Lipinski definition) is 1. The van der Waals surface area contributed by atoms with Gasteiger partial charge in [0.25, 0.3) is 0 Å². The lowest BCUT2D eigenvalue weighted by Crippen LogP contribution is -2.43. The Morgan fingerprint density at radius 3 is 2.57 bits per heavy atom. The Balaban J connectivity index is 2.34. The average molecular weight is 292 g/mol. The van der Waals surface area contributed by atoms with Crippen molar-refractivity contribution in [3.05, 3.63) is 29.8 Å². The maximum atomic E-state index is 12.4. The van der Waals surface area contributed by atoms with E-state index in [1.54, 1.807) is 14.2 Å². The molecule has 0 aliphatic carbocycles. The third kappa shape index (κ3) is 3.19. The van der Waals surface area contributed by atoms with Crippen LogP contribution >= 0.6 is 0 Å². The number of methoxy groups -OCH3 is 2. The number of rotatable bonds is 5. The number of nitrogens with zero attached hydrogens (tertiary/aromatic N) is 1. The molecular weight excluding hydrogens is 268 g/mol. The highest BCUT2D eigenvalue weighted by atomic mass is 16.5. The van der Waals surface area contributed by atoms with Gasteiger partial charge in [-0.15, -0.1) is 0 Å². The average Bonchev–Trinajstić information content (AvgIpc) is 2.75. The summed E-state index contributed by atoms with van der Waals surface area (Å²) in [4.78, 5) is 14.3. The van der Waals surface area contributed by atoms with E-state index in [-0.39, 0.29) is 18.1 Å². The van der Waals surface area contributed by atoms with E-state index in [9.17, 15) is 4.79 Å². The maximum absolute atomic E-state index is 12.4. The van der Waals surface area contributed by atoms with Crippen molar-refractivity contribution in [2.75, 3.05) is 20.8 Å². The van der Waals surface area contributed by atoms with Crippen molar-refractivity contribution in [2.45, 2.75) is 38.6 Å². The molecule has 2 unspecified atom stereocenters. The fourth-order valence-electron chi connectivity index (χ4n) is 2.57. The molecule has 2 rings (SSSR count). The highest BCUT2D eigenvalue weighted by molar-refractivity contribution is 5.84. The molecule has 0 bridgehead atoms. The zero-order valence-electron chi connectivity index (χ0n) is 13.3. The van der Waals surface area contributed by atoms with Gasteiger partial charge in [-0.1, -0.05) is 18.2 Å². The van der Waals surface area contributed by atoms with Crippen LogP contribution in [0.4, 0.5) is 0 Å². The van der Waals surface area contributed by atoms with Gasteiger partial charge in [0.1, 0.15) is 11.9 Å². The standard InChI is InChI=1S/C16H24N2O3/c1-11-15(19)18(10-16(2,3)21-5)14(17-11)12-8-6-7-9-13(12)20-4/h6-9,11,14,17H,10H2,1-5H3. The van der Waals surface area contributed by atoms with E-state index in [4.69, 9.17) is 9.47 Å². The van der Waals surface area contributed by atoms with Crippen molar-refractivity contribution in [1.82, 2.24) is 10.2 Å². The first kappa shape index (κ1) is 15.8. The number of carbonyl (C=O) groups excluding carboxylic acids is 1. The normalized spacial score (nSPS) is 22.7. The molecule has 0 spiro atoms. The summed E-state index contributed by atoms with van der Waals surface area (Å²) in [5.74, 6) is 0.855. The van der Waals surface area contributed by atoms with Gasteiger partial charge >= 0.3 is 0 Å². The molecule has 1 N–H and O–H groups in total. The Bertz CT molecular complexity index is 516. The van der Waals surface area contributed by atoms with E-state index in [1.165, 1.54) is 0 Å². The van der Waals surface area contributed by atoms with Gasteiger partial charge in [0.05, 0.1) is 25.3 Å². The van der Waals surface area contributed by atoms with E-state index in [2.05, 4.69) is 5.32 Å². The predicted molar refractivity (Wildman–Crippen MR) is 81.1 cm³/mol. The lowest BCUT2D eigenvalue weighted by atomic mass is 10.1. The lowest BCUT2D eigenvalue weighted by molar-refractivity contribution is -0.133. The van der Waals surface area contributed by atoms with Crippen molar-refractivity contribution in [3.8, 4) is 5.75 Å². The number of carbonyl (C=O) groups is 1. The predicted octanol–water partition coefficient (Wildman–Crippen LogP) is 1.94. The molecule has 0 aromatic heterocycles. The van der Waals surface area contributed by atoms with Gasteiger partial charge in [-0.25, -0.2) is 0 Å². The van der Waals surface area contributed by atoms with Crippen LogP contribution in [0.3, 0.4) is 0 Å². The molecule has 1 amide bonds. The minimum absolute atomic E-state index is 0.0797. The highest BCUT2D eigenvalue weighted by Crippen LogP contribution is 2.33. The van der Waals surface area contributed by atoms with Crippen molar-refractivity contribution < 1.29 is 14.3 Å². The summed E-state index contributed by atoms with van der Waals surface area (Å²) >= 11 is 0. The maximum Gasteiger partial charge on any atom is 0.241 e. The SMILES string of the molecule is COc1ccccc1C1NC(C)C(=O)N1CC(C)(C)OC. The van der Waals surface area contributed by atoms with Crippen LogP contribution in [0.2, 0.25) is 0 Å². The molecule has 2 atom stereocenters. The number of amides is 1. The highest BCUT2D eigenvalue weighted by Gasteiger charge is 2.40. The summed E-state index contributed by atoms with van der Waals surface area (Å²) in [5, 5.41) is 3.33. The minimum atomic E-state index is -0.401. The molecule has 1 aromatic rings. The molecule has 5 heteroatoms. The van der Waals surface area contributed by atoms with Crippen LogP contribution in [-0.4, -0.2) is 43.2 Å². The number of benzene rings is 1. The number of nitrogens with one attached hydrogen (secondary N) is 1. The summed E-state index contributed by atoms with van der Waals surface area (Å²) in [6.45, 7) is 6.35. The van der Waals surface area contributed by atoms with Crippen molar-refractivity contribution >= 4 is 5.91 Å². The zero-order valence-corrected chi connectivity index (χ0v) is 13.3. The van der Waals surface area contributed by atoms with E-state index in [0.717, 1.165) is 11.3 Å². The molecule has 0 radical (unpaired) electrons. The summed E-state index contributed by atoms with van der Waals surface area (Å²) in [7, 11) is 3.30. The van der Waals surface area contributed by atoms with Gasteiger partial charge in [-0.3, -0.25) is 10.1 Å². The first-order chi connectivity index (χ1) is 9.89. The second kappa shape index (κ2) is 6.03. The van der Waals surface area contributed by atoms with Crippen LogP contribution in [0, 0.1) is 0 Å². The fourth-order valence-corrected chi connectivity index (χ4v) is 2.57.